The molecule has 2 aliphatic rings. The molecule has 2 aliphatic heterocycles. The van der Waals surface area contributed by atoms with Crippen molar-refractivity contribution in [2.24, 2.45) is 0 Å². The molecule has 1 aromatic heterocycles. The van der Waals surface area contributed by atoms with Gasteiger partial charge in [-0.3, -0.25) is 4.98 Å². The molecule has 0 aliphatic carbocycles. The zero-order valence-electron chi connectivity index (χ0n) is 15.5. The summed E-state index contributed by atoms with van der Waals surface area (Å²) in [4.78, 5) is 6.76. The van der Waals surface area contributed by atoms with Gasteiger partial charge >= 0.3 is 0 Å². The molecule has 0 spiro atoms. The number of para-hydroxylation sites is 1. The van der Waals surface area contributed by atoms with E-state index in [2.05, 4.69) is 4.98 Å². The smallest absolute Gasteiger partial charge is 0.208 e. The Labute approximate surface area is 169 Å². The molecule has 0 radical (unpaired) electrons. The largest absolute Gasteiger partial charge is 0.487 e. The van der Waals surface area contributed by atoms with Crippen molar-refractivity contribution in [3.05, 3.63) is 102 Å². The Hall–Kier alpha value is -3.38. The van der Waals surface area contributed by atoms with E-state index in [0.29, 0.717) is 13.2 Å². The average molecular weight is 402 g/mol. The SMILES string of the molecule is O=S(=O)(c1ccc(CN2C=CC3=CCOC3=C2)cc1)c1cnc2ccccc2c1. The second kappa shape index (κ2) is 6.90. The topological polar surface area (TPSA) is 59.5 Å². The molecule has 0 N–H and O–H groups in total. The van der Waals surface area contributed by atoms with Crippen LogP contribution in [0.2, 0.25) is 0 Å². The van der Waals surface area contributed by atoms with Crippen LogP contribution in [-0.2, 0) is 21.1 Å². The minimum Gasteiger partial charge on any atom is -0.487 e. The van der Waals surface area contributed by atoms with Crippen LogP contribution in [0.15, 0.2) is 106 Å². The van der Waals surface area contributed by atoms with Crippen molar-refractivity contribution in [3.63, 3.8) is 0 Å². The van der Waals surface area contributed by atoms with Crippen LogP contribution < -0.4 is 0 Å². The van der Waals surface area contributed by atoms with E-state index in [1.807, 2.05) is 65.9 Å². The summed E-state index contributed by atoms with van der Waals surface area (Å²) in [6, 6.07) is 16.1. The first-order valence-corrected chi connectivity index (χ1v) is 10.8. The highest BCUT2D eigenvalue weighted by Gasteiger charge is 2.19. The first-order chi connectivity index (χ1) is 14.1. The molecule has 0 saturated heterocycles. The number of nitrogens with zero attached hydrogens (tertiary/aromatic N) is 2. The molecule has 0 fully saturated rings. The quantitative estimate of drug-likeness (QED) is 0.655. The van der Waals surface area contributed by atoms with E-state index < -0.39 is 9.84 Å². The van der Waals surface area contributed by atoms with Crippen molar-refractivity contribution in [3.8, 4) is 0 Å². The molecule has 3 aromatic rings. The van der Waals surface area contributed by atoms with Crippen LogP contribution in [0.5, 0.6) is 0 Å². The Morgan fingerprint density at radius 2 is 1.86 bits per heavy atom. The van der Waals surface area contributed by atoms with Crippen LogP contribution in [-0.4, -0.2) is 24.9 Å². The number of pyridine rings is 1. The van der Waals surface area contributed by atoms with Crippen molar-refractivity contribution in [1.82, 2.24) is 9.88 Å². The molecule has 5 rings (SSSR count). The van der Waals surface area contributed by atoms with E-state index in [-0.39, 0.29) is 9.79 Å². The number of ether oxygens (including phenoxy) is 1. The molecule has 144 valence electrons. The van der Waals surface area contributed by atoms with E-state index in [9.17, 15) is 8.42 Å². The van der Waals surface area contributed by atoms with Gasteiger partial charge in [0, 0.05) is 36.1 Å². The van der Waals surface area contributed by atoms with Crippen molar-refractivity contribution < 1.29 is 13.2 Å². The fraction of sp³-hybridized carbons (Fsp3) is 0.0870. The zero-order valence-corrected chi connectivity index (χ0v) is 16.3. The maximum Gasteiger partial charge on any atom is 0.208 e. The Bertz CT molecular complexity index is 1290. The highest BCUT2D eigenvalue weighted by molar-refractivity contribution is 7.91. The van der Waals surface area contributed by atoms with E-state index >= 15 is 0 Å². The predicted molar refractivity (Wildman–Crippen MR) is 110 cm³/mol. The van der Waals surface area contributed by atoms with Crippen molar-refractivity contribution in [2.75, 3.05) is 6.61 Å². The fourth-order valence-corrected chi connectivity index (χ4v) is 4.69. The monoisotopic (exact) mass is 402 g/mol. The van der Waals surface area contributed by atoms with Crippen LogP contribution in [0.25, 0.3) is 10.9 Å². The highest BCUT2D eigenvalue weighted by atomic mass is 32.2. The molecule has 3 heterocycles. The summed E-state index contributed by atoms with van der Waals surface area (Å²) in [7, 11) is -3.62. The van der Waals surface area contributed by atoms with Crippen molar-refractivity contribution in [1.29, 1.82) is 0 Å². The molecule has 0 atom stereocenters. The lowest BCUT2D eigenvalue weighted by Crippen LogP contribution is -2.13. The first kappa shape index (κ1) is 17.7. The number of aromatic nitrogens is 1. The molecular formula is C23H18N2O3S. The van der Waals surface area contributed by atoms with Crippen molar-refractivity contribution >= 4 is 20.7 Å². The van der Waals surface area contributed by atoms with Gasteiger partial charge in [0.1, 0.15) is 12.4 Å². The fourth-order valence-electron chi connectivity index (χ4n) is 3.45. The van der Waals surface area contributed by atoms with Gasteiger partial charge < -0.3 is 9.64 Å². The summed E-state index contributed by atoms with van der Waals surface area (Å²) >= 11 is 0. The summed E-state index contributed by atoms with van der Waals surface area (Å²) in [5, 5.41) is 0.803. The van der Waals surface area contributed by atoms with Crippen LogP contribution in [0.1, 0.15) is 5.56 Å². The first-order valence-electron chi connectivity index (χ1n) is 9.27. The number of hydrogen-bond acceptors (Lipinski definition) is 5. The van der Waals surface area contributed by atoms with Gasteiger partial charge in [-0.2, -0.15) is 0 Å². The number of benzene rings is 2. The average Bonchev–Trinajstić information content (AvgIpc) is 3.22. The molecule has 6 heteroatoms. The number of hydrogen-bond donors (Lipinski definition) is 0. The number of fused-ring (bicyclic) bond motifs is 2. The zero-order chi connectivity index (χ0) is 19.8. The number of allylic oxidation sites excluding steroid dienone is 1. The number of sulfone groups is 1. The molecule has 29 heavy (non-hydrogen) atoms. The van der Waals surface area contributed by atoms with Gasteiger partial charge in [-0.25, -0.2) is 8.42 Å². The van der Waals surface area contributed by atoms with E-state index in [0.717, 1.165) is 27.8 Å². The third kappa shape index (κ3) is 3.32. The lowest BCUT2D eigenvalue weighted by molar-refractivity contribution is 0.265. The molecule has 2 aromatic carbocycles. The molecule has 5 nitrogen and oxygen atoms in total. The van der Waals surface area contributed by atoms with Crippen LogP contribution >= 0.6 is 0 Å². The van der Waals surface area contributed by atoms with Gasteiger partial charge in [-0.1, -0.05) is 30.3 Å². The van der Waals surface area contributed by atoms with Crippen molar-refractivity contribution in [2.45, 2.75) is 16.3 Å². The van der Waals surface area contributed by atoms with Gasteiger partial charge in [0.05, 0.1) is 15.3 Å². The maximum atomic E-state index is 13.0. The molecule has 0 unspecified atom stereocenters. The summed E-state index contributed by atoms with van der Waals surface area (Å²) < 4.78 is 31.6. The lowest BCUT2D eigenvalue weighted by Gasteiger charge is -2.20. The molecular weight excluding hydrogens is 384 g/mol. The number of rotatable bonds is 4. The van der Waals surface area contributed by atoms with Crippen LogP contribution in [0.4, 0.5) is 0 Å². The standard InChI is InChI=1S/C23H18N2O3S/c26-29(27,21-13-19-3-1-2-4-22(19)24-14-21)20-7-5-17(6-8-20)15-25-11-9-18-10-12-28-23(18)16-25/h1-11,13-14,16H,12,15H2. The Morgan fingerprint density at radius 1 is 1.03 bits per heavy atom. The van der Waals surface area contributed by atoms with Gasteiger partial charge in [0.25, 0.3) is 0 Å². The Balaban J connectivity index is 1.38. The van der Waals surface area contributed by atoms with Crippen LogP contribution in [0, 0.1) is 0 Å². The second-order valence-corrected chi connectivity index (χ2v) is 8.91. The van der Waals surface area contributed by atoms with Gasteiger partial charge in [-0.05, 0) is 42.0 Å². The summed E-state index contributed by atoms with van der Waals surface area (Å²) in [6.07, 6.45) is 9.44. The van der Waals surface area contributed by atoms with E-state index in [1.54, 1.807) is 18.2 Å². The highest BCUT2D eigenvalue weighted by Crippen LogP contribution is 2.26. The second-order valence-electron chi connectivity index (χ2n) is 6.96. The summed E-state index contributed by atoms with van der Waals surface area (Å²) in [5.74, 6) is 0.871. The van der Waals surface area contributed by atoms with Gasteiger partial charge in [0.2, 0.25) is 9.84 Å². The molecule has 0 bridgehead atoms. The summed E-state index contributed by atoms with van der Waals surface area (Å²) in [6.45, 7) is 1.24. The van der Waals surface area contributed by atoms with Gasteiger partial charge in [-0.15, -0.1) is 0 Å². The Kier molecular flexibility index (Phi) is 4.21. The van der Waals surface area contributed by atoms with Crippen LogP contribution in [0.3, 0.4) is 0 Å². The maximum absolute atomic E-state index is 13.0. The van der Waals surface area contributed by atoms with Gasteiger partial charge in [0.15, 0.2) is 0 Å². The Morgan fingerprint density at radius 3 is 2.72 bits per heavy atom. The minimum atomic E-state index is -3.62. The third-order valence-electron chi connectivity index (χ3n) is 5.03. The minimum absolute atomic E-state index is 0.199. The van der Waals surface area contributed by atoms with E-state index in [4.69, 9.17) is 4.74 Å². The third-order valence-corrected chi connectivity index (χ3v) is 6.77. The lowest BCUT2D eigenvalue weighted by atomic mass is 10.1. The normalized spacial score (nSPS) is 15.7. The molecule has 0 amide bonds. The summed E-state index contributed by atoms with van der Waals surface area (Å²) in [5.41, 5.74) is 2.88. The van der Waals surface area contributed by atoms with E-state index in [1.165, 1.54) is 6.20 Å². The molecule has 0 saturated carbocycles. The predicted octanol–water partition coefficient (Wildman–Crippen LogP) is 4.19.